The summed E-state index contributed by atoms with van der Waals surface area (Å²) in [4.78, 5) is 11.2. The number of phenols is 1. The van der Waals surface area contributed by atoms with Crippen LogP contribution in [0, 0.1) is 6.92 Å². The topological polar surface area (TPSA) is 66.8 Å². The van der Waals surface area contributed by atoms with Crippen molar-refractivity contribution in [1.29, 1.82) is 0 Å². The summed E-state index contributed by atoms with van der Waals surface area (Å²) in [5, 5.41) is 18.9. The Bertz CT molecular complexity index is 707. The maximum Gasteiger partial charge on any atom is 0.339 e. The molecule has 0 amide bonds. The first-order valence-electron chi connectivity index (χ1n) is 7.71. The van der Waals surface area contributed by atoms with E-state index in [2.05, 4.69) is 19.9 Å². The second-order valence-electron chi connectivity index (χ2n) is 5.74. The van der Waals surface area contributed by atoms with Crippen LogP contribution in [0.3, 0.4) is 0 Å². The number of carboxylic acid groups (broad SMARTS) is 1. The van der Waals surface area contributed by atoms with Gasteiger partial charge < -0.3 is 14.9 Å². The van der Waals surface area contributed by atoms with Gasteiger partial charge >= 0.3 is 5.97 Å². The van der Waals surface area contributed by atoms with E-state index in [0.29, 0.717) is 23.8 Å². The molecule has 0 aliphatic carbocycles. The molecule has 0 radical (unpaired) electrons. The maximum absolute atomic E-state index is 11.2. The van der Waals surface area contributed by atoms with E-state index < -0.39 is 5.97 Å². The third-order valence-corrected chi connectivity index (χ3v) is 4.10. The Morgan fingerprint density at radius 3 is 2.61 bits per heavy atom. The van der Waals surface area contributed by atoms with Gasteiger partial charge in [0, 0.05) is 0 Å². The van der Waals surface area contributed by atoms with Crippen molar-refractivity contribution >= 4 is 5.97 Å². The van der Waals surface area contributed by atoms with E-state index in [1.165, 1.54) is 11.6 Å². The predicted octanol–water partition coefficient (Wildman–Crippen LogP) is 4.49. The van der Waals surface area contributed by atoms with Crippen LogP contribution in [0.2, 0.25) is 0 Å². The Balaban J connectivity index is 2.24. The van der Waals surface area contributed by atoms with Crippen LogP contribution in [0.15, 0.2) is 36.4 Å². The minimum atomic E-state index is -1.17. The Hall–Kier alpha value is -2.49. The van der Waals surface area contributed by atoms with E-state index in [4.69, 9.17) is 9.84 Å². The highest BCUT2D eigenvalue weighted by molar-refractivity contribution is 5.91. The van der Waals surface area contributed by atoms with E-state index in [9.17, 15) is 9.90 Å². The number of benzene rings is 2. The molecule has 0 heterocycles. The second kappa shape index (κ2) is 7.18. The number of aromatic carboxylic acids is 1. The Kier molecular flexibility index (Phi) is 5.27. The third kappa shape index (κ3) is 3.83. The highest BCUT2D eigenvalue weighted by atomic mass is 16.5. The Morgan fingerprint density at radius 1 is 1.26 bits per heavy atom. The highest BCUT2D eigenvalue weighted by Gasteiger charge is 2.15. The summed E-state index contributed by atoms with van der Waals surface area (Å²) in [6.07, 6.45) is 1.04. The summed E-state index contributed by atoms with van der Waals surface area (Å²) in [7, 11) is 0. The normalized spacial score (nSPS) is 12.0. The molecule has 4 heteroatoms. The molecular weight excluding hydrogens is 292 g/mol. The van der Waals surface area contributed by atoms with E-state index in [1.54, 1.807) is 13.0 Å². The molecule has 122 valence electrons. The van der Waals surface area contributed by atoms with Crippen molar-refractivity contribution in [2.75, 3.05) is 0 Å². The first kappa shape index (κ1) is 16.9. The van der Waals surface area contributed by atoms with Crippen LogP contribution in [0.5, 0.6) is 11.5 Å². The number of carbonyl (C=O) groups is 1. The van der Waals surface area contributed by atoms with Gasteiger partial charge in [-0.25, -0.2) is 4.79 Å². The highest BCUT2D eigenvalue weighted by Crippen LogP contribution is 2.29. The minimum Gasteiger partial charge on any atom is -0.507 e. The fourth-order valence-electron chi connectivity index (χ4n) is 2.52. The van der Waals surface area contributed by atoms with Crippen LogP contribution in [0.4, 0.5) is 0 Å². The van der Waals surface area contributed by atoms with Crippen LogP contribution in [-0.2, 0) is 6.61 Å². The van der Waals surface area contributed by atoms with Crippen molar-refractivity contribution < 1.29 is 19.7 Å². The van der Waals surface area contributed by atoms with Gasteiger partial charge in [-0.15, -0.1) is 0 Å². The largest absolute Gasteiger partial charge is 0.507 e. The standard InChI is InChI=1S/C19H22O4/c1-4-12(2)16-8-6-5-7-14(16)11-23-15-9-13(3)18(20)17(10-15)19(21)22/h5-10,12,20H,4,11H2,1-3H3,(H,21,22). The molecule has 0 aliphatic rings. The van der Waals surface area contributed by atoms with E-state index >= 15 is 0 Å². The lowest BCUT2D eigenvalue weighted by atomic mass is 9.94. The van der Waals surface area contributed by atoms with Crippen molar-refractivity contribution in [2.45, 2.75) is 39.7 Å². The second-order valence-corrected chi connectivity index (χ2v) is 5.74. The summed E-state index contributed by atoms with van der Waals surface area (Å²) in [6.45, 7) is 6.34. The zero-order valence-corrected chi connectivity index (χ0v) is 13.7. The van der Waals surface area contributed by atoms with Crippen molar-refractivity contribution in [1.82, 2.24) is 0 Å². The molecule has 2 aromatic carbocycles. The average molecular weight is 314 g/mol. The van der Waals surface area contributed by atoms with Crippen LogP contribution < -0.4 is 4.74 Å². The van der Waals surface area contributed by atoms with Crippen LogP contribution >= 0.6 is 0 Å². The summed E-state index contributed by atoms with van der Waals surface area (Å²) in [6, 6.07) is 11.1. The van der Waals surface area contributed by atoms with Crippen LogP contribution in [0.1, 0.15) is 53.2 Å². The van der Waals surface area contributed by atoms with Gasteiger partial charge in [0.25, 0.3) is 0 Å². The van der Waals surface area contributed by atoms with Gasteiger partial charge in [-0.05, 0) is 48.1 Å². The molecule has 1 atom stereocenters. The molecule has 0 bridgehead atoms. The summed E-state index contributed by atoms with van der Waals surface area (Å²) in [5.41, 5.74) is 2.67. The Labute approximate surface area is 136 Å². The molecule has 23 heavy (non-hydrogen) atoms. The lowest BCUT2D eigenvalue weighted by Gasteiger charge is -2.16. The summed E-state index contributed by atoms with van der Waals surface area (Å²) in [5.74, 6) is -0.511. The zero-order chi connectivity index (χ0) is 17.0. The van der Waals surface area contributed by atoms with E-state index in [-0.39, 0.29) is 11.3 Å². The number of aryl methyl sites for hydroxylation is 1. The summed E-state index contributed by atoms with van der Waals surface area (Å²) < 4.78 is 5.78. The maximum atomic E-state index is 11.2. The molecule has 0 fully saturated rings. The number of hydrogen-bond acceptors (Lipinski definition) is 3. The molecule has 2 rings (SSSR count). The molecule has 2 aromatic rings. The molecule has 0 aliphatic heterocycles. The summed E-state index contributed by atoms with van der Waals surface area (Å²) >= 11 is 0. The van der Waals surface area contributed by atoms with Gasteiger partial charge in [-0.3, -0.25) is 0 Å². The molecule has 0 saturated heterocycles. The van der Waals surface area contributed by atoms with E-state index in [1.807, 2.05) is 18.2 Å². The fraction of sp³-hybridized carbons (Fsp3) is 0.316. The molecule has 1 unspecified atom stereocenters. The lowest BCUT2D eigenvalue weighted by molar-refractivity contribution is 0.0693. The minimum absolute atomic E-state index is 0.143. The number of carboxylic acids is 1. The third-order valence-electron chi connectivity index (χ3n) is 4.10. The zero-order valence-electron chi connectivity index (χ0n) is 13.7. The van der Waals surface area contributed by atoms with Gasteiger partial charge in [0.1, 0.15) is 23.7 Å². The molecular formula is C19H22O4. The van der Waals surface area contributed by atoms with E-state index in [0.717, 1.165) is 12.0 Å². The molecule has 0 aromatic heterocycles. The van der Waals surface area contributed by atoms with Crippen molar-refractivity contribution in [3.05, 3.63) is 58.7 Å². The number of hydrogen-bond donors (Lipinski definition) is 2. The first-order valence-corrected chi connectivity index (χ1v) is 7.71. The monoisotopic (exact) mass is 314 g/mol. The fourth-order valence-corrected chi connectivity index (χ4v) is 2.52. The van der Waals surface area contributed by atoms with Crippen LogP contribution in [0.25, 0.3) is 0 Å². The first-order chi connectivity index (χ1) is 10.9. The number of rotatable bonds is 6. The number of aromatic hydroxyl groups is 1. The van der Waals surface area contributed by atoms with Gasteiger partial charge in [0.05, 0.1) is 0 Å². The quantitative estimate of drug-likeness (QED) is 0.824. The van der Waals surface area contributed by atoms with Gasteiger partial charge in [0.15, 0.2) is 0 Å². The predicted molar refractivity (Wildman–Crippen MR) is 89.3 cm³/mol. The van der Waals surface area contributed by atoms with Gasteiger partial charge in [-0.2, -0.15) is 0 Å². The van der Waals surface area contributed by atoms with Crippen molar-refractivity contribution in [3.8, 4) is 11.5 Å². The van der Waals surface area contributed by atoms with Crippen LogP contribution in [-0.4, -0.2) is 16.2 Å². The lowest BCUT2D eigenvalue weighted by Crippen LogP contribution is -2.04. The molecule has 2 N–H and O–H groups in total. The Morgan fingerprint density at radius 2 is 1.96 bits per heavy atom. The molecule has 4 nitrogen and oxygen atoms in total. The van der Waals surface area contributed by atoms with Crippen molar-refractivity contribution in [2.24, 2.45) is 0 Å². The van der Waals surface area contributed by atoms with Gasteiger partial charge in [0.2, 0.25) is 0 Å². The average Bonchev–Trinajstić information content (AvgIpc) is 2.55. The molecule has 0 saturated carbocycles. The smallest absolute Gasteiger partial charge is 0.339 e. The number of ether oxygens (including phenoxy) is 1. The molecule has 0 spiro atoms. The SMILES string of the molecule is CCC(C)c1ccccc1COc1cc(C)c(O)c(C(=O)O)c1. The van der Waals surface area contributed by atoms with Gasteiger partial charge in [-0.1, -0.05) is 38.1 Å². The van der Waals surface area contributed by atoms with Crippen molar-refractivity contribution in [3.63, 3.8) is 0 Å².